The van der Waals surface area contributed by atoms with Crippen LogP contribution >= 0.6 is 15.9 Å². The molecule has 0 spiro atoms. The number of halogens is 2. The molecule has 104 valence electrons. The van der Waals surface area contributed by atoms with Crippen molar-refractivity contribution in [3.8, 4) is 0 Å². The van der Waals surface area contributed by atoms with Crippen molar-refractivity contribution in [3.63, 3.8) is 0 Å². The largest absolute Gasteiger partial charge is 0.306 e. The third-order valence-electron chi connectivity index (χ3n) is 4.05. The fraction of sp³-hybridized carbons (Fsp3) is 0.294. The van der Waals surface area contributed by atoms with Crippen LogP contribution in [0.5, 0.6) is 0 Å². The van der Waals surface area contributed by atoms with Crippen molar-refractivity contribution in [1.29, 1.82) is 0 Å². The third kappa shape index (κ3) is 2.65. The summed E-state index contributed by atoms with van der Waals surface area (Å²) < 4.78 is 14.8. The first-order valence-corrected chi connectivity index (χ1v) is 7.70. The van der Waals surface area contributed by atoms with Gasteiger partial charge in [-0.2, -0.15) is 0 Å². The van der Waals surface area contributed by atoms with E-state index in [1.807, 2.05) is 12.1 Å². The van der Waals surface area contributed by atoms with Gasteiger partial charge in [0.1, 0.15) is 5.82 Å². The summed E-state index contributed by atoms with van der Waals surface area (Å²) in [6.45, 7) is 3.01. The molecule has 2 atom stereocenters. The van der Waals surface area contributed by atoms with Gasteiger partial charge in [-0.3, -0.25) is 0 Å². The zero-order valence-electron chi connectivity index (χ0n) is 11.4. The van der Waals surface area contributed by atoms with Crippen LogP contribution in [0.4, 0.5) is 4.39 Å². The van der Waals surface area contributed by atoms with Gasteiger partial charge in [-0.15, -0.1) is 0 Å². The van der Waals surface area contributed by atoms with Crippen molar-refractivity contribution in [2.24, 2.45) is 0 Å². The van der Waals surface area contributed by atoms with Crippen molar-refractivity contribution < 1.29 is 4.39 Å². The zero-order chi connectivity index (χ0) is 14.1. The van der Waals surface area contributed by atoms with Crippen molar-refractivity contribution in [2.75, 3.05) is 0 Å². The van der Waals surface area contributed by atoms with Gasteiger partial charge in [0.15, 0.2) is 0 Å². The smallest absolute Gasteiger partial charge is 0.127 e. The summed E-state index contributed by atoms with van der Waals surface area (Å²) in [6.07, 6.45) is 0.912. The van der Waals surface area contributed by atoms with Crippen LogP contribution in [0.25, 0.3) is 0 Å². The molecule has 1 N–H and O–H groups in total. The third-order valence-corrected chi connectivity index (χ3v) is 4.55. The van der Waals surface area contributed by atoms with Crippen LogP contribution in [-0.4, -0.2) is 0 Å². The summed E-state index contributed by atoms with van der Waals surface area (Å²) in [7, 11) is 0. The Morgan fingerprint density at radius 2 is 2.10 bits per heavy atom. The molecule has 0 amide bonds. The normalized spacial score (nSPS) is 18.9. The number of benzene rings is 2. The Labute approximate surface area is 127 Å². The van der Waals surface area contributed by atoms with E-state index in [0.29, 0.717) is 6.04 Å². The number of hydrogen-bond donors (Lipinski definition) is 1. The second kappa shape index (κ2) is 5.66. The molecule has 0 fully saturated rings. The van der Waals surface area contributed by atoms with Crippen LogP contribution in [0, 0.1) is 5.82 Å². The predicted octanol–water partition coefficient (Wildman–Crippen LogP) is 4.93. The van der Waals surface area contributed by atoms with E-state index in [9.17, 15) is 4.39 Å². The molecule has 1 heterocycles. The van der Waals surface area contributed by atoms with E-state index in [1.165, 1.54) is 11.1 Å². The molecular formula is C17H17BrFN. The minimum absolute atomic E-state index is 0.127. The van der Waals surface area contributed by atoms with E-state index in [1.54, 1.807) is 6.07 Å². The van der Waals surface area contributed by atoms with Gasteiger partial charge in [0.2, 0.25) is 0 Å². The summed E-state index contributed by atoms with van der Waals surface area (Å²) in [4.78, 5) is 0. The van der Waals surface area contributed by atoms with Crippen LogP contribution in [0.1, 0.15) is 42.0 Å². The maximum atomic E-state index is 14.0. The first kappa shape index (κ1) is 13.8. The molecule has 0 saturated heterocycles. The Morgan fingerprint density at radius 3 is 2.90 bits per heavy atom. The highest BCUT2D eigenvalue weighted by molar-refractivity contribution is 9.10. The van der Waals surface area contributed by atoms with Crippen LogP contribution < -0.4 is 5.32 Å². The van der Waals surface area contributed by atoms with Crippen LogP contribution in [0.2, 0.25) is 0 Å². The summed E-state index contributed by atoms with van der Waals surface area (Å²) in [5.74, 6) is 0.0601. The van der Waals surface area contributed by atoms with E-state index in [4.69, 9.17) is 0 Å². The van der Waals surface area contributed by atoms with E-state index in [-0.39, 0.29) is 11.7 Å². The lowest BCUT2D eigenvalue weighted by atomic mass is 9.90. The fourth-order valence-corrected chi connectivity index (χ4v) is 3.30. The first-order chi connectivity index (χ1) is 9.65. The summed E-state index contributed by atoms with van der Waals surface area (Å²) in [5.41, 5.74) is 3.51. The zero-order valence-corrected chi connectivity index (χ0v) is 13.0. The molecule has 1 nitrogen and oxygen atoms in total. The minimum atomic E-state index is -0.127. The Balaban J connectivity index is 1.79. The van der Waals surface area contributed by atoms with Gasteiger partial charge < -0.3 is 5.32 Å². The van der Waals surface area contributed by atoms with Gasteiger partial charge in [0, 0.05) is 17.1 Å². The molecule has 2 unspecified atom stereocenters. The predicted molar refractivity (Wildman–Crippen MR) is 83.2 cm³/mol. The SMILES string of the molecule is CC(CC1NCc2ccccc21)c1ccc(Br)cc1F. The molecule has 1 aliphatic heterocycles. The standard InChI is InChI=1S/C17H17BrFN/c1-11(14-7-6-13(18)9-16(14)19)8-17-15-5-3-2-4-12(15)10-20-17/h2-7,9,11,17,20H,8,10H2,1H3. The highest BCUT2D eigenvalue weighted by atomic mass is 79.9. The van der Waals surface area contributed by atoms with Crippen LogP contribution in [0.15, 0.2) is 46.9 Å². The average molecular weight is 334 g/mol. The van der Waals surface area contributed by atoms with E-state index in [0.717, 1.165) is 23.0 Å². The molecule has 0 aromatic heterocycles. The highest BCUT2D eigenvalue weighted by Crippen LogP contribution is 2.34. The maximum absolute atomic E-state index is 14.0. The van der Waals surface area contributed by atoms with Gasteiger partial charge >= 0.3 is 0 Å². The van der Waals surface area contributed by atoms with Gasteiger partial charge in [0.25, 0.3) is 0 Å². The molecule has 3 rings (SSSR count). The fourth-order valence-electron chi connectivity index (χ4n) is 2.97. The van der Waals surface area contributed by atoms with E-state index in [2.05, 4.69) is 52.4 Å². The summed E-state index contributed by atoms with van der Waals surface area (Å²) >= 11 is 3.30. The Bertz CT molecular complexity index is 626. The van der Waals surface area contributed by atoms with Crippen molar-refractivity contribution in [2.45, 2.75) is 31.8 Å². The van der Waals surface area contributed by atoms with Gasteiger partial charge in [0.05, 0.1) is 0 Å². The molecule has 0 saturated carbocycles. The first-order valence-electron chi connectivity index (χ1n) is 6.91. The van der Waals surface area contributed by atoms with Crippen LogP contribution in [0.3, 0.4) is 0 Å². The van der Waals surface area contributed by atoms with Gasteiger partial charge in [-0.1, -0.05) is 53.2 Å². The highest BCUT2D eigenvalue weighted by Gasteiger charge is 2.24. The lowest BCUT2D eigenvalue weighted by molar-refractivity contribution is 0.484. The average Bonchev–Trinajstić information content (AvgIpc) is 2.82. The molecule has 0 bridgehead atoms. The summed E-state index contributed by atoms with van der Waals surface area (Å²) in [6, 6.07) is 14.1. The topological polar surface area (TPSA) is 12.0 Å². The lowest BCUT2D eigenvalue weighted by Gasteiger charge is -2.19. The molecule has 0 radical (unpaired) electrons. The van der Waals surface area contributed by atoms with Gasteiger partial charge in [-0.25, -0.2) is 4.39 Å². The molecule has 2 aromatic rings. The van der Waals surface area contributed by atoms with Gasteiger partial charge in [-0.05, 0) is 41.2 Å². The van der Waals surface area contributed by atoms with Crippen molar-refractivity contribution >= 4 is 15.9 Å². The molecule has 20 heavy (non-hydrogen) atoms. The molecular weight excluding hydrogens is 317 g/mol. The number of hydrogen-bond acceptors (Lipinski definition) is 1. The number of rotatable bonds is 3. The van der Waals surface area contributed by atoms with E-state index < -0.39 is 0 Å². The maximum Gasteiger partial charge on any atom is 0.127 e. The molecule has 1 aliphatic rings. The molecule has 2 aromatic carbocycles. The van der Waals surface area contributed by atoms with E-state index >= 15 is 0 Å². The quantitative estimate of drug-likeness (QED) is 0.839. The van der Waals surface area contributed by atoms with Crippen molar-refractivity contribution in [1.82, 2.24) is 5.32 Å². The number of nitrogens with one attached hydrogen (secondary N) is 1. The molecule has 3 heteroatoms. The molecule has 0 aliphatic carbocycles. The Hall–Kier alpha value is -1.19. The Morgan fingerprint density at radius 1 is 1.30 bits per heavy atom. The summed E-state index contributed by atoms with van der Waals surface area (Å²) in [5, 5.41) is 3.52. The minimum Gasteiger partial charge on any atom is -0.306 e. The second-order valence-corrected chi connectivity index (χ2v) is 6.35. The van der Waals surface area contributed by atoms with Crippen molar-refractivity contribution in [3.05, 3.63) is 69.4 Å². The van der Waals surface area contributed by atoms with Crippen LogP contribution in [-0.2, 0) is 6.54 Å². The lowest BCUT2D eigenvalue weighted by Crippen LogP contribution is -2.15. The Kier molecular flexibility index (Phi) is 3.90. The monoisotopic (exact) mass is 333 g/mol. The number of fused-ring (bicyclic) bond motifs is 1. The second-order valence-electron chi connectivity index (χ2n) is 5.43.